The highest BCUT2D eigenvalue weighted by atomic mass is 32.1. The number of ether oxygens (including phenoxy) is 6. The van der Waals surface area contributed by atoms with Crippen molar-refractivity contribution in [2.45, 2.75) is 167 Å². The van der Waals surface area contributed by atoms with E-state index in [4.69, 9.17) is 38.4 Å². The maximum Gasteiger partial charge on any atom is 0.325 e. The third-order valence-corrected chi connectivity index (χ3v) is 20.4. The molecule has 2 unspecified atom stereocenters. The molecule has 14 rings (SSSR count). The van der Waals surface area contributed by atoms with Gasteiger partial charge in [-0.25, -0.2) is 10.4 Å². The molecular weight excluding hydrogens is 1030 g/mol. The van der Waals surface area contributed by atoms with Crippen LogP contribution < -0.4 is 15.6 Å². The van der Waals surface area contributed by atoms with Crippen LogP contribution in [-0.2, 0) is 55.8 Å². The number of fused-ring (bicyclic) bond motifs is 4. The molecule has 8 bridgehead atoms. The highest BCUT2D eigenvalue weighted by Crippen LogP contribution is 2.48. The van der Waals surface area contributed by atoms with Gasteiger partial charge >= 0.3 is 5.97 Å². The SMILES string of the molecule is CO[C@@H](C)c1ncc(N2CCN(C3CC3)CC2)cc1-c1c2c3cc(ccc3n1CCO[C@H]1CCOC(C)(C)C1)-c1csc(n1)[C@@H](N1CC3(COC3)C1)[C@H](NC(=O)C1CC(C)[C@H](C)O1)C(=O)N1N[C@H](C(=O)OCC(C)(C)C2)C2CC1C2. The van der Waals surface area contributed by atoms with E-state index in [9.17, 15) is 9.59 Å². The van der Waals surface area contributed by atoms with Gasteiger partial charge in [-0.15, -0.1) is 11.3 Å². The van der Waals surface area contributed by atoms with Gasteiger partial charge in [0.05, 0.1) is 85.3 Å². The number of piperazine rings is 1. The first kappa shape index (κ1) is 54.7. The molecule has 7 saturated heterocycles. The molecule has 18 nitrogen and oxygen atoms in total. The van der Waals surface area contributed by atoms with Gasteiger partial charge in [-0.2, -0.15) is 0 Å². The van der Waals surface area contributed by atoms with Gasteiger partial charge in [0, 0.05) is 116 Å². The predicted molar refractivity (Wildman–Crippen MR) is 304 cm³/mol. The fraction of sp³-hybridized carbons (Fsp3) is 0.689. The zero-order valence-electron chi connectivity index (χ0n) is 48.2. The number of likely N-dealkylation sites (tertiary alicyclic amines) is 1. The van der Waals surface area contributed by atoms with E-state index in [1.807, 2.05) is 13.1 Å². The molecule has 2 amide bonds. The Balaban J connectivity index is 0.952. The molecule has 2 aliphatic carbocycles. The lowest BCUT2D eigenvalue weighted by molar-refractivity contribution is -0.204. The average molecular weight is 1120 g/mol. The first-order valence-electron chi connectivity index (χ1n) is 29.8. The van der Waals surface area contributed by atoms with E-state index in [-0.39, 0.29) is 71.6 Å². The number of esters is 1. The molecule has 432 valence electrons. The first-order valence-corrected chi connectivity index (χ1v) is 30.7. The zero-order chi connectivity index (χ0) is 55.4. The van der Waals surface area contributed by atoms with Crippen molar-refractivity contribution in [3.8, 4) is 22.5 Å². The largest absolute Gasteiger partial charge is 0.464 e. The van der Waals surface area contributed by atoms with Gasteiger partial charge in [-0.3, -0.25) is 34.2 Å². The van der Waals surface area contributed by atoms with Gasteiger partial charge in [0.15, 0.2) is 0 Å². The Morgan fingerprint density at radius 3 is 2.46 bits per heavy atom. The highest BCUT2D eigenvalue weighted by Gasteiger charge is 2.57. The monoisotopic (exact) mass is 1120 g/mol. The van der Waals surface area contributed by atoms with Crippen LogP contribution in [0.5, 0.6) is 0 Å². The van der Waals surface area contributed by atoms with E-state index in [2.05, 4.69) is 101 Å². The van der Waals surface area contributed by atoms with Crippen LogP contribution in [0, 0.1) is 22.7 Å². The van der Waals surface area contributed by atoms with Gasteiger partial charge in [0.25, 0.3) is 5.91 Å². The van der Waals surface area contributed by atoms with Crippen LogP contribution in [0.15, 0.2) is 35.8 Å². The Morgan fingerprint density at radius 1 is 0.975 bits per heavy atom. The number of methoxy groups -OCH3 is 1. The van der Waals surface area contributed by atoms with Crippen molar-refractivity contribution in [3.63, 3.8) is 0 Å². The normalized spacial score (nSPS) is 31.7. The predicted octanol–water partition coefficient (Wildman–Crippen LogP) is 7.08. The molecule has 1 aromatic carbocycles. The first-order chi connectivity index (χ1) is 38.4. The molecule has 3 aromatic heterocycles. The minimum Gasteiger partial charge on any atom is -0.464 e. The molecule has 1 spiro atoms. The fourth-order valence-electron chi connectivity index (χ4n) is 14.3. The summed E-state index contributed by atoms with van der Waals surface area (Å²) < 4.78 is 40.0. The number of carbonyl (C=O) groups excluding carboxylic acids is 3. The summed E-state index contributed by atoms with van der Waals surface area (Å²) in [4.78, 5) is 63.0. The number of hydrazine groups is 1. The van der Waals surface area contributed by atoms with E-state index in [0.717, 1.165) is 100 Å². The quantitative estimate of drug-likeness (QED) is 0.138. The molecule has 2 N–H and O–H groups in total. The maximum absolute atomic E-state index is 15.6. The third-order valence-electron chi connectivity index (χ3n) is 19.4. The van der Waals surface area contributed by atoms with Crippen LogP contribution in [0.2, 0.25) is 0 Å². The molecular formula is C61H83N9O9S. The number of hydrogen-bond acceptors (Lipinski definition) is 16. The number of nitrogens with one attached hydrogen (secondary N) is 2. The average Bonchev–Trinajstić information content (AvgIpc) is 4.01. The number of aromatic nitrogens is 3. The molecule has 8 aliphatic heterocycles. The standard InChI is InChI=1S/C61H83N9O9S/c1-35-21-49(79-36(35)2)55(71)64-52-54(68-30-61(31-68)33-75-34-61)56-63-47(29-80-56)38-9-12-48-44(24-38)46(27-59(4,5)32-77-58(73)51-39-22-41(23-39)70(65-51)57(52)72)53(69(48)18-20-76-43-13-19-78-60(6,7)26-43)45-25-42(28-62-50(45)37(3)74-8)67-16-14-66(15-17-67)40-10-11-40/h9,12,24-25,28-29,35-37,39-41,43,49,51-52,54,65H,10-11,13-23,26-27,30-34H2,1-8H3,(H,64,71)/t35?,36-,37-,39?,41?,43-,49?,51-,52-,54-/m0/s1. The van der Waals surface area contributed by atoms with Crippen LogP contribution in [0.1, 0.15) is 122 Å². The summed E-state index contributed by atoms with van der Waals surface area (Å²) in [7, 11) is 1.75. The summed E-state index contributed by atoms with van der Waals surface area (Å²) in [5, 5.41) is 8.82. The minimum atomic E-state index is -1.04. The number of amides is 2. The lowest BCUT2D eigenvalue weighted by Gasteiger charge is -2.58. The van der Waals surface area contributed by atoms with E-state index in [1.54, 1.807) is 12.1 Å². The van der Waals surface area contributed by atoms with Crippen LogP contribution in [-0.4, -0.2) is 175 Å². The summed E-state index contributed by atoms with van der Waals surface area (Å²) in [5.74, 6) is -0.794. The van der Waals surface area contributed by atoms with Crippen LogP contribution in [0.3, 0.4) is 0 Å². The van der Waals surface area contributed by atoms with Gasteiger partial charge in [0.2, 0.25) is 5.91 Å². The van der Waals surface area contributed by atoms with Crippen LogP contribution in [0.4, 0.5) is 5.69 Å². The van der Waals surface area contributed by atoms with Gasteiger partial charge in [-0.05, 0) is 108 Å². The minimum absolute atomic E-state index is 0.00391. The highest BCUT2D eigenvalue weighted by molar-refractivity contribution is 7.10. The van der Waals surface area contributed by atoms with Crippen molar-refractivity contribution in [2.24, 2.45) is 22.7 Å². The number of nitrogens with zero attached hydrogens (tertiary/aromatic N) is 7. The maximum atomic E-state index is 15.6. The number of pyridine rings is 1. The number of carbonyl (C=O) groups is 3. The lowest BCUT2D eigenvalue weighted by atomic mass is 9.72. The summed E-state index contributed by atoms with van der Waals surface area (Å²) >= 11 is 1.52. The molecule has 2 saturated carbocycles. The lowest BCUT2D eigenvalue weighted by Crippen LogP contribution is -2.73. The Hall–Kier alpha value is -4.57. The number of cyclic esters (lactones) is 1. The van der Waals surface area contributed by atoms with Crippen molar-refractivity contribution in [1.29, 1.82) is 0 Å². The van der Waals surface area contributed by atoms with E-state index >= 15 is 4.79 Å². The van der Waals surface area contributed by atoms with E-state index in [1.165, 1.54) is 24.2 Å². The molecule has 80 heavy (non-hydrogen) atoms. The van der Waals surface area contributed by atoms with Crippen molar-refractivity contribution >= 4 is 45.7 Å². The van der Waals surface area contributed by atoms with Crippen molar-refractivity contribution in [3.05, 3.63) is 52.1 Å². The Morgan fingerprint density at radius 2 is 1.76 bits per heavy atom. The second-order valence-corrected chi connectivity index (χ2v) is 27.5. The Labute approximate surface area is 474 Å². The fourth-order valence-corrected chi connectivity index (χ4v) is 15.3. The second kappa shape index (κ2) is 21.2. The molecule has 9 fully saturated rings. The number of rotatable bonds is 12. The van der Waals surface area contributed by atoms with Crippen molar-refractivity contribution < 1.29 is 42.8 Å². The molecule has 10 aliphatic rings. The molecule has 19 heteroatoms. The second-order valence-electron chi connectivity index (χ2n) is 26.7. The van der Waals surface area contributed by atoms with Crippen LogP contribution in [0.25, 0.3) is 33.4 Å². The summed E-state index contributed by atoms with van der Waals surface area (Å²) in [6.07, 6.45) is 7.67. The number of benzene rings is 1. The topological polar surface area (TPSA) is 174 Å². The van der Waals surface area contributed by atoms with Crippen molar-refractivity contribution in [2.75, 3.05) is 84.3 Å². The summed E-state index contributed by atoms with van der Waals surface area (Å²) in [6.45, 7) is 23.3. The molecule has 0 radical (unpaired) electrons. The van der Waals surface area contributed by atoms with E-state index < -0.39 is 29.6 Å². The molecule has 4 aromatic rings. The zero-order valence-corrected chi connectivity index (χ0v) is 49.0. The van der Waals surface area contributed by atoms with E-state index in [0.29, 0.717) is 71.7 Å². The number of thiazole rings is 1. The van der Waals surface area contributed by atoms with Crippen molar-refractivity contribution in [1.82, 2.24) is 40.1 Å². The third kappa shape index (κ3) is 10.4. The molecule has 11 heterocycles. The number of hydrogen-bond donors (Lipinski definition) is 2. The summed E-state index contributed by atoms with van der Waals surface area (Å²) in [5.41, 5.74) is 10.5. The number of anilines is 1. The molecule has 8 atom stereocenters. The Bertz CT molecular complexity index is 2980. The van der Waals surface area contributed by atoms with Gasteiger partial charge in [-0.1, -0.05) is 26.8 Å². The Kier molecular flexibility index (Phi) is 14.5. The van der Waals surface area contributed by atoms with Gasteiger partial charge < -0.3 is 43.2 Å². The smallest absolute Gasteiger partial charge is 0.325 e. The van der Waals surface area contributed by atoms with Gasteiger partial charge in [0.1, 0.15) is 23.2 Å². The van der Waals surface area contributed by atoms with Crippen LogP contribution >= 0.6 is 11.3 Å². The summed E-state index contributed by atoms with van der Waals surface area (Å²) in [6, 6.07) is 7.22.